The molecular weight excluding hydrogens is 442 g/mol. The summed E-state index contributed by atoms with van der Waals surface area (Å²) in [5.41, 5.74) is 2.94. The summed E-state index contributed by atoms with van der Waals surface area (Å²) in [6.07, 6.45) is 1.42. The maximum atomic E-state index is 12.7. The van der Waals surface area contributed by atoms with Crippen LogP contribution in [0.5, 0.6) is 11.5 Å². The van der Waals surface area contributed by atoms with Crippen LogP contribution in [-0.2, 0) is 9.59 Å². The van der Waals surface area contributed by atoms with E-state index in [0.29, 0.717) is 23.0 Å². The number of nitrogens with one attached hydrogen (secondary N) is 1. The first kappa shape index (κ1) is 23.3. The summed E-state index contributed by atoms with van der Waals surface area (Å²) in [5, 5.41) is 2.13. The Bertz CT molecular complexity index is 1100. The fourth-order valence-electron chi connectivity index (χ4n) is 2.97. The molecule has 1 aliphatic heterocycles. The highest BCUT2D eigenvalue weighted by Gasteiger charge is 2.36. The zero-order chi connectivity index (χ0) is 23.4. The number of imide groups is 1. The van der Waals surface area contributed by atoms with Crippen molar-refractivity contribution in [2.75, 3.05) is 19.0 Å². The second-order valence-corrected chi connectivity index (χ2v) is 7.85. The van der Waals surface area contributed by atoms with Gasteiger partial charge >= 0.3 is 6.61 Å². The van der Waals surface area contributed by atoms with Crippen LogP contribution in [0, 0.1) is 13.8 Å². The summed E-state index contributed by atoms with van der Waals surface area (Å²) < 4.78 is 34.3. The van der Waals surface area contributed by atoms with E-state index in [1.54, 1.807) is 12.1 Å². The molecule has 3 amide bonds. The molecule has 1 N–H and O–H groups in total. The van der Waals surface area contributed by atoms with Gasteiger partial charge in [-0.15, -0.1) is 0 Å². The first-order chi connectivity index (χ1) is 15.2. The molecular formula is C22H20F2N2O5S. The molecule has 1 fully saturated rings. The predicted molar refractivity (Wildman–Crippen MR) is 117 cm³/mol. The Balaban J connectivity index is 1.73. The number of methoxy groups -OCH3 is 1. The lowest BCUT2D eigenvalue weighted by Gasteiger charge is -2.14. The zero-order valence-corrected chi connectivity index (χ0v) is 18.3. The number of hydrogen-bond donors (Lipinski definition) is 1. The van der Waals surface area contributed by atoms with Gasteiger partial charge in [-0.05, 0) is 66.6 Å². The second kappa shape index (κ2) is 9.82. The molecule has 0 unspecified atom stereocenters. The molecule has 0 aromatic heterocycles. The van der Waals surface area contributed by atoms with E-state index in [9.17, 15) is 23.2 Å². The van der Waals surface area contributed by atoms with Crippen LogP contribution in [-0.4, -0.2) is 42.2 Å². The monoisotopic (exact) mass is 462 g/mol. The van der Waals surface area contributed by atoms with E-state index in [-0.39, 0.29) is 16.4 Å². The third kappa shape index (κ3) is 5.25. The van der Waals surface area contributed by atoms with Crippen molar-refractivity contribution in [1.82, 2.24) is 4.90 Å². The van der Waals surface area contributed by atoms with Gasteiger partial charge in [-0.1, -0.05) is 18.2 Å². The minimum Gasteiger partial charge on any atom is -0.493 e. The van der Waals surface area contributed by atoms with E-state index in [4.69, 9.17) is 4.74 Å². The van der Waals surface area contributed by atoms with Crippen molar-refractivity contribution in [2.24, 2.45) is 0 Å². The van der Waals surface area contributed by atoms with Crippen molar-refractivity contribution in [3.8, 4) is 11.5 Å². The van der Waals surface area contributed by atoms with Crippen LogP contribution in [0.2, 0.25) is 0 Å². The number of carbonyl (C=O) groups is 3. The van der Waals surface area contributed by atoms with Crippen LogP contribution in [0.3, 0.4) is 0 Å². The van der Waals surface area contributed by atoms with Gasteiger partial charge in [0, 0.05) is 5.69 Å². The normalized spacial score (nSPS) is 14.9. The van der Waals surface area contributed by atoms with Crippen LogP contribution in [0.15, 0.2) is 41.3 Å². The molecule has 1 heterocycles. The standard InChI is InChI=1S/C22H20F2N2O5S/c1-12-5-4-6-15(13(12)2)25-19(27)11-26-20(28)18(32-22(26)29)10-14-7-8-16(31-21(23)24)17(9-14)30-3/h4-10,21H,11H2,1-3H3,(H,25,27)/b18-10-. The van der Waals surface area contributed by atoms with E-state index < -0.39 is 30.2 Å². The van der Waals surface area contributed by atoms with Crippen molar-refractivity contribution in [1.29, 1.82) is 0 Å². The highest BCUT2D eigenvalue weighted by Crippen LogP contribution is 2.35. The van der Waals surface area contributed by atoms with Gasteiger partial charge in [0.25, 0.3) is 11.1 Å². The van der Waals surface area contributed by atoms with Crippen molar-refractivity contribution in [2.45, 2.75) is 20.5 Å². The second-order valence-electron chi connectivity index (χ2n) is 6.85. The Morgan fingerprint density at radius 2 is 1.94 bits per heavy atom. The van der Waals surface area contributed by atoms with Gasteiger partial charge in [0.15, 0.2) is 11.5 Å². The Kier molecular flexibility index (Phi) is 7.14. The van der Waals surface area contributed by atoms with Crippen molar-refractivity contribution in [3.63, 3.8) is 0 Å². The topological polar surface area (TPSA) is 84.9 Å². The number of ether oxygens (including phenoxy) is 2. The summed E-state index contributed by atoms with van der Waals surface area (Å²) in [7, 11) is 1.29. The van der Waals surface area contributed by atoms with Crippen molar-refractivity contribution >= 4 is 40.6 Å². The largest absolute Gasteiger partial charge is 0.493 e. The summed E-state index contributed by atoms with van der Waals surface area (Å²) >= 11 is 0.685. The Morgan fingerprint density at radius 3 is 2.62 bits per heavy atom. The number of anilines is 1. The molecule has 0 aliphatic carbocycles. The minimum atomic E-state index is -3.01. The summed E-state index contributed by atoms with van der Waals surface area (Å²) in [6.45, 7) is 0.327. The van der Waals surface area contributed by atoms with Crippen molar-refractivity contribution < 1.29 is 32.6 Å². The number of nitrogens with zero attached hydrogens (tertiary/aromatic N) is 1. The lowest BCUT2D eigenvalue weighted by molar-refractivity contribution is -0.127. The smallest absolute Gasteiger partial charge is 0.387 e. The average molecular weight is 462 g/mol. The number of carbonyl (C=O) groups excluding carboxylic acids is 3. The fourth-order valence-corrected chi connectivity index (χ4v) is 3.81. The summed E-state index contributed by atoms with van der Waals surface area (Å²) in [6, 6.07) is 9.57. The molecule has 0 atom stereocenters. The number of benzene rings is 2. The van der Waals surface area contributed by atoms with Crippen LogP contribution < -0.4 is 14.8 Å². The lowest BCUT2D eigenvalue weighted by Crippen LogP contribution is -2.36. The Morgan fingerprint density at radius 1 is 1.19 bits per heavy atom. The lowest BCUT2D eigenvalue weighted by atomic mass is 10.1. The molecule has 3 rings (SSSR count). The van der Waals surface area contributed by atoms with Gasteiger partial charge in [0.1, 0.15) is 6.54 Å². The highest BCUT2D eigenvalue weighted by atomic mass is 32.2. The van der Waals surface area contributed by atoms with Crippen molar-refractivity contribution in [3.05, 3.63) is 58.0 Å². The SMILES string of the molecule is COc1cc(/C=C2\SC(=O)N(CC(=O)Nc3cccc(C)c3C)C2=O)ccc1OC(F)F. The third-order valence-corrected chi connectivity index (χ3v) is 5.66. The van der Waals surface area contributed by atoms with Gasteiger partial charge in [0.05, 0.1) is 12.0 Å². The first-order valence-corrected chi connectivity index (χ1v) is 10.3. The first-order valence-electron chi connectivity index (χ1n) is 9.44. The number of rotatable bonds is 7. The molecule has 0 spiro atoms. The number of amides is 3. The van der Waals surface area contributed by atoms with Gasteiger partial charge in [-0.3, -0.25) is 19.3 Å². The van der Waals surface area contributed by atoms with Gasteiger partial charge in [-0.2, -0.15) is 8.78 Å². The van der Waals surface area contributed by atoms with Gasteiger partial charge in [0.2, 0.25) is 5.91 Å². The maximum absolute atomic E-state index is 12.7. The molecule has 2 aromatic rings. The Hall–Kier alpha value is -3.40. The molecule has 2 aromatic carbocycles. The van der Waals surface area contributed by atoms with Crippen LogP contribution in [0.1, 0.15) is 16.7 Å². The van der Waals surface area contributed by atoms with Crippen LogP contribution >= 0.6 is 11.8 Å². The maximum Gasteiger partial charge on any atom is 0.387 e. The van der Waals surface area contributed by atoms with E-state index in [1.807, 2.05) is 19.9 Å². The molecule has 0 bridgehead atoms. The minimum absolute atomic E-state index is 0.0474. The van der Waals surface area contributed by atoms with E-state index in [1.165, 1.54) is 31.4 Å². The quantitative estimate of drug-likeness (QED) is 0.606. The molecule has 10 heteroatoms. The number of thioether (sulfide) groups is 1. The number of aryl methyl sites for hydroxylation is 1. The van der Waals surface area contributed by atoms with Crippen LogP contribution in [0.25, 0.3) is 6.08 Å². The third-order valence-electron chi connectivity index (χ3n) is 4.76. The molecule has 0 saturated carbocycles. The van der Waals surface area contributed by atoms with Gasteiger partial charge in [-0.25, -0.2) is 0 Å². The van der Waals surface area contributed by atoms with E-state index in [0.717, 1.165) is 16.0 Å². The van der Waals surface area contributed by atoms with Gasteiger partial charge < -0.3 is 14.8 Å². The number of halogens is 2. The molecule has 7 nitrogen and oxygen atoms in total. The summed E-state index contributed by atoms with van der Waals surface area (Å²) in [4.78, 5) is 38.4. The zero-order valence-electron chi connectivity index (χ0n) is 17.5. The number of alkyl halides is 2. The van der Waals surface area contributed by atoms with Crippen LogP contribution in [0.4, 0.5) is 19.3 Å². The highest BCUT2D eigenvalue weighted by molar-refractivity contribution is 8.18. The Labute approximate surface area is 187 Å². The molecule has 168 valence electrons. The van der Waals surface area contributed by atoms with E-state index in [2.05, 4.69) is 10.1 Å². The molecule has 1 aliphatic rings. The molecule has 1 saturated heterocycles. The van der Waals surface area contributed by atoms with E-state index >= 15 is 0 Å². The molecule has 32 heavy (non-hydrogen) atoms. The predicted octanol–water partition coefficient (Wildman–Crippen LogP) is 4.59. The number of hydrogen-bond acceptors (Lipinski definition) is 6. The molecule has 0 radical (unpaired) electrons. The fraction of sp³-hybridized carbons (Fsp3) is 0.227. The summed E-state index contributed by atoms with van der Waals surface area (Å²) in [5.74, 6) is -1.23. The average Bonchev–Trinajstić information content (AvgIpc) is 2.99.